The van der Waals surface area contributed by atoms with Crippen molar-refractivity contribution >= 4 is 11.8 Å². The molecular formula is C14H24N4O. The molecule has 106 valence electrons. The standard InChI is InChI=1S/C14H24N4O/c1-5-15-14-16-11(3)8-13(17-14)18-7-6-10(2)12(9-18)19-4/h8,10,12H,5-7,9H2,1-4H3,(H,15,16,17). The minimum Gasteiger partial charge on any atom is -0.379 e. The van der Waals surface area contributed by atoms with E-state index in [0.717, 1.165) is 37.6 Å². The molecule has 0 aliphatic carbocycles. The Hall–Kier alpha value is -1.36. The van der Waals surface area contributed by atoms with Gasteiger partial charge >= 0.3 is 0 Å². The first kappa shape index (κ1) is 14.1. The number of nitrogens with zero attached hydrogens (tertiary/aromatic N) is 3. The Morgan fingerprint density at radius 3 is 2.95 bits per heavy atom. The lowest BCUT2D eigenvalue weighted by molar-refractivity contribution is 0.0496. The first-order valence-electron chi connectivity index (χ1n) is 7.01. The lowest BCUT2D eigenvalue weighted by Gasteiger charge is -2.37. The fraction of sp³-hybridized carbons (Fsp3) is 0.714. The topological polar surface area (TPSA) is 50.3 Å². The zero-order chi connectivity index (χ0) is 13.8. The normalized spacial score (nSPS) is 23.5. The second-order valence-electron chi connectivity index (χ2n) is 5.21. The number of aryl methyl sites for hydroxylation is 1. The summed E-state index contributed by atoms with van der Waals surface area (Å²) in [6.45, 7) is 9.07. The fourth-order valence-corrected chi connectivity index (χ4v) is 2.50. The molecule has 0 spiro atoms. The van der Waals surface area contributed by atoms with Gasteiger partial charge in [-0.15, -0.1) is 0 Å². The molecule has 1 fully saturated rings. The Kier molecular flexibility index (Phi) is 4.58. The highest BCUT2D eigenvalue weighted by atomic mass is 16.5. The maximum absolute atomic E-state index is 5.56. The van der Waals surface area contributed by atoms with Crippen molar-refractivity contribution in [2.45, 2.75) is 33.3 Å². The summed E-state index contributed by atoms with van der Waals surface area (Å²) < 4.78 is 5.56. The van der Waals surface area contributed by atoms with Crippen molar-refractivity contribution in [2.24, 2.45) is 5.92 Å². The second kappa shape index (κ2) is 6.19. The lowest BCUT2D eigenvalue weighted by Crippen LogP contribution is -2.44. The molecule has 5 nitrogen and oxygen atoms in total. The van der Waals surface area contributed by atoms with E-state index in [4.69, 9.17) is 4.74 Å². The minimum absolute atomic E-state index is 0.284. The summed E-state index contributed by atoms with van der Waals surface area (Å²) in [7, 11) is 1.79. The Morgan fingerprint density at radius 2 is 2.26 bits per heavy atom. The molecule has 2 rings (SSSR count). The van der Waals surface area contributed by atoms with Crippen LogP contribution in [0.3, 0.4) is 0 Å². The Morgan fingerprint density at radius 1 is 1.47 bits per heavy atom. The smallest absolute Gasteiger partial charge is 0.224 e. The summed E-state index contributed by atoms with van der Waals surface area (Å²) in [5, 5.41) is 3.18. The highest BCUT2D eigenvalue weighted by molar-refractivity contribution is 5.45. The van der Waals surface area contributed by atoms with Crippen molar-refractivity contribution in [3.8, 4) is 0 Å². The number of rotatable bonds is 4. The van der Waals surface area contributed by atoms with Crippen molar-refractivity contribution in [3.63, 3.8) is 0 Å². The van der Waals surface area contributed by atoms with E-state index in [1.807, 2.05) is 13.0 Å². The van der Waals surface area contributed by atoms with E-state index in [2.05, 4.69) is 34.0 Å². The maximum atomic E-state index is 5.56. The Bertz CT molecular complexity index is 424. The van der Waals surface area contributed by atoms with Gasteiger partial charge in [0.1, 0.15) is 5.82 Å². The quantitative estimate of drug-likeness (QED) is 0.902. The molecule has 1 N–H and O–H groups in total. The van der Waals surface area contributed by atoms with Gasteiger partial charge in [0.2, 0.25) is 5.95 Å². The Balaban J connectivity index is 2.17. The van der Waals surface area contributed by atoms with E-state index in [0.29, 0.717) is 11.9 Å². The van der Waals surface area contributed by atoms with Gasteiger partial charge in [-0.05, 0) is 26.2 Å². The van der Waals surface area contributed by atoms with Gasteiger partial charge in [-0.3, -0.25) is 0 Å². The number of piperidine rings is 1. The summed E-state index contributed by atoms with van der Waals surface area (Å²) in [5.74, 6) is 2.32. The third-order valence-electron chi connectivity index (χ3n) is 3.69. The van der Waals surface area contributed by atoms with Gasteiger partial charge in [0.15, 0.2) is 0 Å². The van der Waals surface area contributed by atoms with Crippen LogP contribution in [0.15, 0.2) is 6.07 Å². The average molecular weight is 264 g/mol. The number of methoxy groups -OCH3 is 1. The zero-order valence-corrected chi connectivity index (χ0v) is 12.3. The summed E-state index contributed by atoms with van der Waals surface area (Å²) >= 11 is 0. The highest BCUT2D eigenvalue weighted by Gasteiger charge is 2.27. The van der Waals surface area contributed by atoms with Crippen LogP contribution in [0, 0.1) is 12.8 Å². The zero-order valence-electron chi connectivity index (χ0n) is 12.3. The van der Waals surface area contributed by atoms with Gasteiger partial charge in [-0.1, -0.05) is 6.92 Å². The number of anilines is 2. The molecule has 2 atom stereocenters. The van der Waals surface area contributed by atoms with Crippen molar-refractivity contribution < 1.29 is 4.74 Å². The molecule has 0 radical (unpaired) electrons. The number of aromatic nitrogens is 2. The van der Waals surface area contributed by atoms with Crippen LogP contribution >= 0.6 is 0 Å². The lowest BCUT2D eigenvalue weighted by atomic mass is 9.96. The van der Waals surface area contributed by atoms with Crippen molar-refractivity contribution in [3.05, 3.63) is 11.8 Å². The number of nitrogens with one attached hydrogen (secondary N) is 1. The van der Waals surface area contributed by atoms with Crippen LogP contribution in [0.2, 0.25) is 0 Å². The third-order valence-corrected chi connectivity index (χ3v) is 3.69. The van der Waals surface area contributed by atoms with Crippen LogP contribution in [-0.2, 0) is 4.74 Å². The average Bonchev–Trinajstić information content (AvgIpc) is 2.39. The van der Waals surface area contributed by atoms with Crippen LogP contribution < -0.4 is 10.2 Å². The predicted octanol–water partition coefficient (Wildman–Crippen LogP) is 2.08. The molecule has 5 heteroatoms. The van der Waals surface area contributed by atoms with Crippen LogP contribution in [0.5, 0.6) is 0 Å². The van der Waals surface area contributed by atoms with E-state index < -0.39 is 0 Å². The molecule has 0 amide bonds. The van der Waals surface area contributed by atoms with Crippen LogP contribution in [0.1, 0.15) is 26.0 Å². The summed E-state index contributed by atoms with van der Waals surface area (Å²) in [4.78, 5) is 11.3. The Labute approximate surface area is 115 Å². The molecular weight excluding hydrogens is 240 g/mol. The van der Waals surface area contributed by atoms with Crippen molar-refractivity contribution in [2.75, 3.05) is 37.0 Å². The van der Waals surface area contributed by atoms with Gasteiger partial charge in [0.05, 0.1) is 6.10 Å². The first-order chi connectivity index (χ1) is 9.13. The van der Waals surface area contributed by atoms with E-state index >= 15 is 0 Å². The van der Waals surface area contributed by atoms with E-state index in [1.165, 1.54) is 0 Å². The molecule has 1 saturated heterocycles. The van der Waals surface area contributed by atoms with Crippen molar-refractivity contribution in [1.29, 1.82) is 0 Å². The number of hydrogen-bond donors (Lipinski definition) is 1. The monoisotopic (exact) mass is 264 g/mol. The predicted molar refractivity (Wildman–Crippen MR) is 77.7 cm³/mol. The molecule has 2 unspecified atom stereocenters. The van der Waals surface area contributed by atoms with Crippen LogP contribution in [0.25, 0.3) is 0 Å². The fourth-order valence-electron chi connectivity index (χ4n) is 2.50. The van der Waals surface area contributed by atoms with Crippen LogP contribution in [-0.4, -0.2) is 42.8 Å². The summed E-state index contributed by atoms with van der Waals surface area (Å²) in [6, 6.07) is 2.05. The molecule has 1 aliphatic heterocycles. The van der Waals surface area contributed by atoms with Gasteiger partial charge in [-0.25, -0.2) is 4.98 Å². The van der Waals surface area contributed by atoms with Crippen LogP contribution in [0.4, 0.5) is 11.8 Å². The van der Waals surface area contributed by atoms with Gasteiger partial charge in [-0.2, -0.15) is 4.98 Å². The van der Waals surface area contributed by atoms with E-state index in [1.54, 1.807) is 7.11 Å². The molecule has 0 bridgehead atoms. The summed E-state index contributed by atoms with van der Waals surface area (Å²) in [5.41, 5.74) is 0.994. The van der Waals surface area contributed by atoms with Gasteiger partial charge < -0.3 is 15.0 Å². The maximum Gasteiger partial charge on any atom is 0.224 e. The third kappa shape index (κ3) is 3.35. The molecule has 1 aromatic heterocycles. The van der Waals surface area contributed by atoms with Gasteiger partial charge in [0, 0.05) is 38.5 Å². The van der Waals surface area contributed by atoms with Crippen molar-refractivity contribution in [1.82, 2.24) is 9.97 Å². The summed E-state index contributed by atoms with van der Waals surface area (Å²) in [6.07, 6.45) is 1.42. The number of ether oxygens (including phenoxy) is 1. The largest absolute Gasteiger partial charge is 0.379 e. The SMILES string of the molecule is CCNc1nc(C)cc(N2CCC(C)C(OC)C2)n1. The highest BCUT2D eigenvalue weighted by Crippen LogP contribution is 2.24. The molecule has 1 aromatic rings. The van der Waals surface area contributed by atoms with Gasteiger partial charge in [0.25, 0.3) is 0 Å². The first-order valence-corrected chi connectivity index (χ1v) is 7.01. The molecule has 19 heavy (non-hydrogen) atoms. The molecule has 0 aromatic carbocycles. The number of hydrogen-bond acceptors (Lipinski definition) is 5. The minimum atomic E-state index is 0.284. The second-order valence-corrected chi connectivity index (χ2v) is 5.21. The van der Waals surface area contributed by atoms with E-state index in [-0.39, 0.29) is 6.10 Å². The molecule has 2 heterocycles. The van der Waals surface area contributed by atoms with E-state index in [9.17, 15) is 0 Å². The molecule has 0 saturated carbocycles. The molecule has 1 aliphatic rings.